The molecule has 1 heterocycles. The number of amides is 2. The summed E-state index contributed by atoms with van der Waals surface area (Å²) in [6.07, 6.45) is 4.77. The number of benzene rings is 1. The zero-order valence-electron chi connectivity index (χ0n) is 17.6. The van der Waals surface area contributed by atoms with E-state index in [9.17, 15) is 14.0 Å². The van der Waals surface area contributed by atoms with Gasteiger partial charge < -0.3 is 20.4 Å². The van der Waals surface area contributed by atoms with Gasteiger partial charge in [-0.3, -0.25) is 9.59 Å². The average molecular weight is 407 g/mol. The van der Waals surface area contributed by atoms with Crippen molar-refractivity contribution in [3.63, 3.8) is 0 Å². The van der Waals surface area contributed by atoms with Crippen molar-refractivity contribution in [2.45, 2.75) is 51.6 Å². The van der Waals surface area contributed by atoms with E-state index < -0.39 is 0 Å². The van der Waals surface area contributed by atoms with Crippen LogP contribution in [-0.4, -0.2) is 56.6 Å². The van der Waals surface area contributed by atoms with E-state index >= 15 is 0 Å². The van der Waals surface area contributed by atoms with E-state index in [1.807, 2.05) is 6.92 Å². The number of hydrogen-bond donors (Lipinski definition) is 4. The Labute approximate surface area is 172 Å². The second kappa shape index (κ2) is 10.2. The normalized spacial score (nSPS) is 28.4. The molecule has 1 saturated carbocycles. The minimum Gasteiger partial charge on any atom is -0.348 e. The van der Waals surface area contributed by atoms with E-state index in [1.165, 1.54) is 41.2 Å². The lowest BCUT2D eigenvalue weighted by molar-refractivity contribution is -1.01. The Bertz CT molecular complexity index is 689. The molecule has 1 aliphatic carbocycles. The maximum atomic E-state index is 13.0. The molecule has 1 aromatic rings. The fraction of sp³-hybridized carbons (Fsp3) is 0.636. The quantitative estimate of drug-likeness (QED) is 0.521. The van der Waals surface area contributed by atoms with Crippen LogP contribution in [0.5, 0.6) is 0 Å². The lowest BCUT2D eigenvalue weighted by Crippen LogP contribution is -3.30. The number of carbonyl (C=O) groups excluding carboxylic acids is 2. The molecule has 0 radical (unpaired) electrons. The highest BCUT2D eigenvalue weighted by Crippen LogP contribution is 2.23. The van der Waals surface area contributed by atoms with Gasteiger partial charge in [-0.05, 0) is 49.9 Å². The van der Waals surface area contributed by atoms with Gasteiger partial charge in [0, 0.05) is 11.7 Å². The number of rotatable bonds is 6. The summed E-state index contributed by atoms with van der Waals surface area (Å²) in [6, 6.07) is 6.07. The smallest absolute Gasteiger partial charge is 0.279 e. The molecule has 0 spiro atoms. The third kappa shape index (κ3) is 6.24. The SMILES string of the molecule is C[C@H](C(=O)N[C@@H]1CCCC[C@@H]1C)[NH+]1CC[NH+](CC(=O)Nc2ccc(F)cc2)CC1. The fourth-order valence-electron chi connectivity index (χ4n) is 4.52. The second-order valence-electron chi connectivity index (χ2n) is 8.74. The molecule has 0 bridgehead atoms. The van der Waals surface area contributed by atoms with Crippen LogP contribution in [0.2, 0.25) is 0 Å². The number of piperazine rings is 1. The summed E-state index contributed by atoms with van der Waals surface area (Å²) in [7, 11) is 0. The molecule has 0 aromatic heterocycles. The third-order valence-corrected chi connectivity index (χ3v) is 6.58. The third-order valence-electron chi connectivity index (χ3n) is 6.58. The molecule has 1 saturated heterocycles. The molecule has 29 heavy (non-hydrogen) atoms. The predicted molar refractivity (Wildman–Crippen MR) is 110 cm³/mol. The second-order valence-corrected chi connectivity index (χ2v) is 8.74. The minimum absolute atomic E-state index is 0.0567. The summed E-state index contributed by atoms with van der Waals surface area (Å²) in [4.78, 5) is 27.5. The molecule has 2 aliphatic rings. The maximum absolute atomic E-state index is 13.0. The monoisotopic (exact) mass is 406 g/mol. The van der Waals surface area contributed by atoms with Crippen molar-refractivity contribution >= 4 is 17.5 Å². The Morgan fingerprint density at radius 1 is 1.10 bits per heavy atom. The summed E-state index contributed by atoms with van der Waals surface area (Å²) in [5, 5.41) is 6.10. The van der Waals surface area contributed by atoms with Gasteiger partial charge >= 0.3 is 0 Å². The molecule has 1 aromatic carbocycles. The van der Waals surface area contributed by atoms with Crippen molar-refractivity contribution < 1.29 is 23.8 Å². The van der Waals surface area contributed by atoms with Crippen LogP contribution in [0.3, 0.4) is 0 Å². The summed E-state index contributed by atoms with van der Waals surface area (Å²) in [5.41, 5.74) is 0.613. The number of halogens is 1. The molecule has 1 aliphatic heterocycles. The van der Waals surface area contributed by atoms with E-state index in [0.29, 0.717) is 24.2 Å². The topological polar surface area (TPSA) is 67.1 Å². The first-order chi connectivity index (χ1) is 13.9. The van der Waals surface area contributed by atoms with Crippen molar-refractivity contribution in [3.05, 3.63) is 30.1 Å². The summed E-state index contributed by atoms with van der Waals surface area (Å²) in [5.74, 6) is 0.350. The van der Waals surface area contributed by atoms with Gasteiger partial charge in [-0.25, -0.2) is 4.39 Å². The minimum atomic E-state index is -0.316. The van der Waals surface area contributed by atoms with Crippen LogP contribution >= 0.6 is 0 Å². The highest BCUT2D eigenvalue weighted by atomic mass is 19.1. The van der Waals surface area contributed by atoms with E-state index in [4.69, 9.17) is 0 Å². The Morgan fingerprint density at radius 3 is 2.41 bits per heavy atom. The van der Waals surface area contributed by atoms with E-state index in [2.05, 4.69) is 17.6 Å². The predicted octanol–water partition coefficient (Wildman–Crippen LogP) is -0.369. The van der Waals surface area contributed by atoms with Gasteiger partial charge in [0.1, 0.15) is 32.0 Å². The van der Waals surface area contributed by atoms with E-state index in [-0.39, 0.29) is 23.7 Å². The van der Waals surface area contributed by atoms with Gasteiger partial charge in [0.05, 0.1) is 0 Å². The van der Waals surface area contributed by atoms with Crippen LogP contribution in [0, 0.1) is 11.7 Å². The first kappa shape index (κ1) is 21.7. The molecule has 2 amide bonds. The van der Waals surface area contributed by atoms with Crippen LogP contribution in [0.25, 0.3) is 0 Å². The van der Waals surface area contributed by atoms with Crippen molar-refractivity contribution in [2.75, 3.05) is 38.0 Å². The summed E-state index contributed by atoms with van der Waals surface area (Å²) in [6.45, 7) is 8.14. The van der Waals surface area contributed by atoms with Crippen LogP contribution in [0.1, 0.15) is 39.5 Å². The number of carbonyl (C=O) groups is 2. The van der Waals surface area contributed by atoms with Crippen molar-refractivity contribution in [2.24, 2.45) is 5.92 Å². The lowest BCUT2D eigenvalue weighted by Gasteiger charge is -2.34. The Balaban J connectivity index is 1.40. The molecule has 3 rings (SSSR count). The van der Waals surface area contributed by atoms with Gasteiger partial charge in [-0.2, -0.15) is 0 Å². The Hall–Kier alpha value is -1.99. The first-order valence-electron chi connectivity index (χ1n) is 11.0. The number of nitrogens with one attached hydrogen (secondary N) is 4. The Morgan fingerprint density at radius 2 is 1.76 bits per heavy atom. The van der Waals surface area contributed by atoms with Crippen LogP contribution in [0.15, 0.2) is 24.3 Å². The zero-order valence-corrected chi connectivity index (χ0v) is 17.6. The number of anilines is 1. The highest BCUT2D eigenvalue weighted by Gasteiger charge is 2.33. The molecule has 2 fully saturated rings. The van der Waals surface area contributed by atoms with Gasteiger partial charge in [-0.15, -0.1) is 0 Å². The van der Waals surface area contributed by atoms with Crippen molar-refractivity contribution in [1.82, 2.24) is 5.32 Å². The molecule has 0 unspecified atom stereocenters. The summed E-state index contributed by atoms with van der Waals surface area (Å²) >= 11 is 0. The number of quaternary nitrogens is 2. The van der Waals surface area contributed by atoms with Crippen LogP contribution < -0.4 is 20.4 Å². The molecule has 6 nitrogen and oxygen atoms in total. The molecular formula is C22H35FN4O2+2. The van der Waals surface area contributed by atoms with Crippen molar-refractivity contribution in [3.8, 4) is 0 Å². The number of hydrogen-bond acceptors (Lipinski definition) is 2. The van der Waals surface area contributed by atoms with Crippen molar-refractivity contribution in [1.29, 1.82) is 0 Å². The van der Waals surface area contributed by atoms with E-state index in [0.717, 1.165) is 32.6 Å². The Kier molecular flexibility index (Phi) is 7.61. The first-order valence-corrected chi connectivity index (χ1v) is 11.0. The van der Waals surface area contributed by atoms with Gasteiger partial charge in [0.2, 0.25) is 0 Å². The highest BCUT2D eigenvalue weighted by molar-refractivity contribution is 5.91. The van der Waals surface area contributed by atoms with Gasteiger partial charge in [0.25, 0.3) is 11.8 Å². The summed E-state index contributed by atoms with van der Waals surface area (Å²) < 4.78 is 13.0. The molecular weight excluding hydrogens is 371 g/mol. The molecule has 4 N–H and O–H groups in total. The molecule has 3 atom stereocenters. The molecule has 160 valence electrons. The fourth-order valence-corrected chi connectivity index (χ4v) is 4.52. The maximum Gasteiger partial charge on any atom is 0.279 e. The van der Waals surface area contributed by atoms with Gasteiger partial charge in [0.15, 0.2) is 12.6 Å². The van der Waals surface area contributed by atoms with Crippen LogP contribution in [-0.2, 0) is 9.59 Å². The lowest BCUT2D eigenvalue weighted by atomic mass is 9.86. The van der Waals surface area contributed by atoms with E-state index in [1.54, 1.807) is 12.1 Å². The zero-order chi connectivity index (χ0) is 20.8. The standard InChI is InChI=1S/C22H33FN4O2/c1-16-5-3-4-6-20(16)25-22(29)17(2)27-13-11-26(12-14-27)15-21(28)24-19-9-7-18(23)8-10-19/h7-10,16-17,20H,3-6,11-15H2,1-2H3,(H,24,28)(H,25,29)/p+2/t16-,17+,20+/m0/s1. The molecule has 7 heteroatoms. The van der Waals surface area contributed by atoms with Crippen LogP contribution in [0.4, 0.5) is 10.1 Å². The largest absolute Gasteiger partial charge is 0.348 e. The average Bonchev–Trinajstić information content (AvgIpc) is 2.71. The van der Waals surface area contributed by atoms with Gasteiger partial charge in [-0.1, -0.05) is 19.8 Å².